The Balaban J connectivity index is 4.02. The molecule has 1 unspecified atom stereocenters. The Bertz CT molecular complexity index is 143. The predicted octanol–water partition coefficient (Wildman–Crippen LogP) is 1.64. The molecular weight excluding hydrogens is 149 g/mol. The summed E-state index contributed by atoms with van der Waals surface area (Å²) in [6.45, 7) is 6.54. The van der Waals surface area contributed by atoms with Crippen LogP contribution in [0.1, 0.15) is 13.8 Å². The molecule has 0 saturated heterocycles. The van der Waals surface area contributed by atoms with E-state index in [2.05, 4.69) is 0 Å². The van der Waals surface area contributed by atoms with Crippen molar-refractivity contribution in [1.82, 2.24) is 4.90 Å². The fourth-order valence-corrected chi connectivity index (χ4v) is 1.50. The maximum Gasteiger partial charge on any atom is 0.278 e. The standard InChI is InChI=1S/C6H14NO2P/c1-4-7(5-2)6(8)10(3)9/h10H,4-5H2,1-3H3. The summed E-state index contributed by atoms with van der Waals surface area (Å²) in [6.07, 6.45) is 0. The Morgan fingerprint density at radius 2 is 1.80 bits per heavy atom. The summed E-state index contributed by atoms with van der Waals surface area (Å²) in [4.78, 5) is 12.5. The van der Waals surface area contributed by atoms with Crippen LogP contribution in [-0.4, -0.2) is 30.3 Å². The molecule has 0 aliphatic rings. The van der Waals surface area contributed by atoms with E-state index in [0.717, 1.165) is 0 Å². The van der Waals surface area contributed by atoms with Crippen molar-refractivity contribution in [3.8, 4) is 0 Å². The Kier molecular flexibility index (Phi) is 4.37. The van der Waals surface area contributed by atoms with E-state index in [9.17, 15) is 9.36 Å². The van der Waals surface area contributed by atoms with Crippen molar-refractivity contribution < 1.29 is 9.36 Å². The van der Waals surface area contributed by atoms with Gasteiger partial charge in [0.1, 0.15) is 0 Å². The highest BCUT2D eigenvalue weighted by Crippen LogP contribution is 2.18. The molecule has 0 N–H and O–H groups in total. The summed E-state index contributed by atoms with van der Waals surface area (Å²) in [5.74, 6) is 0. The van der Waals surface area contributed by atoms with E-state index in [1.165, 1.54) is 6.66 Å². The maximum atomic E-state index is 11.0. The van der Waals surface area contributed by atoms with Crippen LogP contribution in [-0.2, 0) is 4.57 Å². The molecule has 3 nitrogen and oxygen atoms in total. The largest absolute Gasteiger partial charge is 0.337 e. The van der Waals surface area contributed by atoms with Gasteiger partial charge in [-0.1, -0.05) is 0 Å². The molecule has 0 aliphatic carbocycles. The molecule has 60 valence electrons. The van der Waals surface area contributed by atoms with E-state index < -0.39 is 7.80 Å². The molecule has 0 aromatic rings. The zero-order valence-electron chi connectivity index (χ0n) is 6.68. The molecule has 0 fully saturated rings. The van der Waals surface area contributed by atoms with Gasteiger partial charge in [0, 0.05) is 13.1 Å². The van der Waals surface area contributed by atoms with E-state index in [1.807, 2.05) is 13.8 Å². The van der Waals surface area contributed by atoms with Crippen LogP contribution in [0.15, 0.2) is 0 Å². The summed E-state index contributed by atoms with van der Waals surface area (Å²) < 4.78 is 10.7. The second kappa shape index (κ2) is 4.51. The molecule has 1 atom stereocenters. The Morgan fingerprint density at radius 1 is 1.40 bits per heavy atom. The number of carbonyl (C=O) groups is 1. The van der Waals surface area contributed by atoms with Crippen LogP contribution in [0.5, 0.6) is 0 Å². The van der Waals surface area contributed by atoms with Gasteiger partial charge in [-0.3, -0.25) is 4.79 Å². The highest BCUT2D eigenvalue weighted by Gasteiger charge is 2.11. The molecule has 0 rings (SSSR count). The Hall–Kier alpha value is -0.300. The van der Waals surface area contributed by atoms with Crippen LogP contribution in [0.3, 0.4) is 0 Å². The summed E-state index contributed by atoms with van der Waals surface area (Å²) in [7, 11) is -2.00. The SMILES string of the molecule is CCN(CC)C(=O)[PH](C)=O. The minimum Gasteiger partial charge on any atom is -0.337 e. The highest BCUT2D eigenvalue weighted by atomic mass is 31.1. The molecule has 0 radical (unpaired) electrons. The fraction of sp³-hybridized carbons (Fsp3) is 0.833. The smallest absolute Gasteiger partial charge is 0.278 e. The Morgan fingerprint density at radius 3 is 1.90 bits per heavy atom. The number of rotatable bonds is 3. The lowest BCUT2D eigenvalue weighted by Crippen LogP contribution is -2.26. The van der Waals surface area contributed by atoms with Gasteiger partial charge in [-0.05, 0) is 20.5 Å². The van der Waals surface area contributed by atoms with Crippen molar-refractivity contribution in [2.45, 2.75) is 13.8 Å². The van der Waals surface area contributed by atoms with Gasteiger partial charge < -0.3 is 9.46 Å². The average Bonchev–Trinajstić information content (AvgIpc) is 1.90. The van der Waals surface area contributed by atoms with Gasteiger partial charge in [-0.15, -0.1) is 0 Å². The van der Waals surface area contributed by atoms with E-state index in [0.29, 0.717) is 13.1 Å². The molecule has 1 amide bonds. The van der Waals surface area contributed by atoms with Crippen molar-refractivity contribution in [1.29, 1.82) is 0 Å². The number of amides is 1. The maximum absolute atomic E-state index is 11.0. The van der Waals surface area contributed by atoms with Gasteiger partial charge in [0.05, 0.1) is 0 Å². The molecule has 10 heavy (non-hydrogen) atoms. The summed E-state index contributed by atoms with van der Waals surface area (Å²) in [5.41, 5.74) is -0.199. The lowest BCUT2D eigenvalue weighted by atomic mass is 10.6. The molecule has 0 saturated carbocycles. The second-order valence-electron chi connectivity index (χ2n) is 2.03. The third-order valence-electron chi connectivity index (χ3n) is 1.35. The van der Waals surface area contributed by atoms with Gasteiger partial charge in [-0.25, -0.2) is 0 Å². The van der Waals surface area contributed by atoms with Gasteiger partial charge in [0.15, 0.2) is 7.80 Å². The molecule has 0 aromatic heterocycles. The van der Waals surface area contributed by atoms with Crippen LogP contribution < -0.4 is 0 Å². The van der Waals surface area contributed by atoms with Crippen LogP contribution in [0, 0.1) is 0 Å². The van der Waals surface area contributed by atoms with Gasteiger partial charge in [-0.2, -0.15) is 0 Å². The molecule has 0 bridgehead atoms. The first kappa shape index (κ1) is 9.70. The quantitative estimate of drug-likeness (QED) is 0.593. The molecule has 0 aliphatic heterocycles. The normalized spacial score (nSPS) is 12.7. The fourth-order valence-electron chi connectivity index (χ4n) is 0.733. The van der Waals surface area contributed by atoms with Crippen LogP contribution >= 0.6 is 7.80 Å². The molecule has 4 heteroatoms. The number of carbonyl (C=O) groups excluding carboxylic acids is 1. The van der Waals surface area contributed by atoms with Gasteiger partial charge in [0.2, 0.25) is 0 Å². The van der Waals surface area contributed by atoms with E-state index in [1.54, 1.807) is 4.90 Å². The van der Waals surface area contributed by atoms with Crippen molar-refractivity contribution in [3.05, 3.63) is 0 Å². The zero-order chi connectivity index (χ0) is 8.15. The first-order valence-corrected chi connectivity index (χ1v) is 5.34. The number of hydrogen-bond acceptors (Lipinski definition) is 2. The third-order valence-corrected chi connectivity index (χ3v) is 2.27. The van der Waals surface area contributed by atoms with Crippen LogP contribution in [0.4, 0.5) is 4.79 Å². The molecular formula is C6H14NO2P. The van der Waals surface area contributed by atoms with Crippen LogP contribution in [0.25, 0.3) is 0 Å². The van der Waals surface area contributed by atoms with Gasteiger partial charge >= 0.3 is 0 Å². The van der Waals surface area contributed by atoms with Crippen molar-refractivity contribution >= 4 is 13.4 Å². The number of hydrogen-bond donors (Lipinski definition) is 0. The van der Waals surface area contributed by atoms with E-state index >= 15 is 0 Å². The summed E-state index contributed by atoms with van der Waals surface area (Å²) >= 11 is 0. The van der Waals surface area contributed by atoms with E-state index in [-0.39, 0.29) is 5.65 Å². The predicted molar refractivity (Wildman–Crippen MR) is 43.2 cm³/mol. The van der Waals surface area contributed by atoms with Crippen molar-refractivity contribution in [2.24, 2.45) is 0 Å². The van der Waals surface area contributed by atoms with Crippen molar-refractivity contribution in [3.63, 3.8) is 0 Å². The Labute approximate surface area is 62.2 Å². The van der Waals surface area contributed by atoms with E-state index in [4.69, 9.17) is 0 Å². The van der Waals surface area contributed by atoms with Crippen molar-refractivity contribution in [2.75, 3.05) is 19.8 Å². The summed E-state index contributed by atoms with van der Waals surface area (Å²) in [6, 6.07) is 0. The zero-order valence-corrected chi connectivity index (χ0v) is 7.68. The topological polar surface area (TPSA) is 37.4 Å². The monoisotopic (exact) mass is 163 g/mol. The third kappa shape index (κ3) is 2.53. The highest BCUT2D eigenvalue weighted by molar-refractivity contribution is 7.62. The first-order valence-electron chi connectivity index (χ1n) is 3.43. The lowest BCUT2D eigenvalue weighted by Gasteiger charge is -2.16. The summed E-state index contributed by atoms with van der Waals surface area (Å²) in [5, 5.41) is 0. The minimum atomic E-state index is -2.00. The number of nitrogens with zero attached hydrogens (tertiary/aromatic N) is 1. The first-order chi connectivity index (χ1) is 4.63. The molecule has 0 spiro atoms. The lowest BCUT2D eigenvalue weighted by molar-refractivity contribution is 0.226. The van der Waals surface area contributed by atoms with Crippen LogP contribution in [0.2, 0.25) is 0 Å². The average molecular weight is 163 g/mol. The van der Waals surface area contributed by atoms with Gasteiger partial charge in [0.25, 0.3) is 5.65 Å². The molecule has 0 heterocycles. The second-order valence-corrected chi connectivity index (χ2v) is 3.57. The minimum absolute atomic E-state index is 0.199. The molecule has 0 aromatic carbocycles.